The molecule has 0 atom stereocenters. The molecular weight excluding hydrogens is 347 g/mol. The van der Waals surface area contributed by atoms with E-state index in [2.05, 4.69) is 15.9 Å². The summed E-state index contributed by atoms with van der Waals surface area (Å²) in [5.74, 6) is 0.0849. The Morgan fingerprint density at radius 1 is 1.35 bits per heavy atom. The molecule has 3 N–H and O–H groups in total. The van der Waals surface area contributed by atoms with Crippen molar-refractivity contribution in [2.24, 2.45) is 5.73 Å². The molecule has 104 valence electrons. The van der Waals surface area contributed by atoms with Crippen LogP contribution in [0.25, 0.3) is 0 Å². The number of hydrogen-bond acceptors (Lipinski definition) is 2. The van der Waals surface area contributed by atoms with Crippen molar-refractivity contribution < 1.29 is 9.13 Å². The van der Waals surface area contributed by atoms with Crippen molar-refractivity contribution in [3.63, 3.8) is 0 Å². The zero-order valence-electron chi connectivity index (χ0n) is 10.3. The molecule has 0 radical (unpaired) electrons. The minimum atomic E-state index is -0.337. The Balaban J connectivity index is 2.13. The molecular formula is C14H11BrClFN2O. The summed E-state index contributed by atoms with van der Waals surface area (Å²) in [5.41, 5.74) is 6.52. The van der Waals surface area contributed by atoms with E-state index in [-0.39, 0.29) is 18.3 Å². The fourth-order valence-corrected chi connectivity index (χ4v) is 2.28. The lowest BCUT2D eigenvalue weighted by Gasteiger charge is -2.10. The highest BCUT2D eigenvalue weighted by Crippen LogP contribution is 2.25. The zero-order chi connectivity index (χ0) is 14.7. The second kappa shape index (κ2) is 6.24. The maximum Gasteiger partial charge on any atom is 0.137 e. The van der Waals surface area contributed by atoms with Gasteiger partial charge in [-0.2, -0.15) is 0 Å². The molecule has 0 aliphatic heterocycles. The summed E-state index contributed by atoms with van der Waals surface area (Å²) in [6, 6.07) is 9.59. The number of nitrogens with one attached hydrogen (secondary N) is 1. The highest BCUT2D eigenvalue weighted by Gasteiger charge is 2.08. The van der Waals surface area contributed by atoms with Gasteiger partial charge in [0.1, 0.15) is 24.0 Å². The highest BCUT2D eigenvalue weighted by atomic mass is 79.9. The largest absolute Gasteiger partial charge is 0.489 e. The van der Waals surface area contributed by atoms with Gasteiger partial charge in [0.25, 0.3) is 0 Å². The van der Waals surface area contributed by atoms with Gasteiger partial charge in [0.2, 0.25) is 0 Å². The van der Waals surface area contributed by atoms with E-state index in [9.17, 15) is 4.39 Å². The molecule has 2 rings (SSSR count). The van der Waals surface area contributed by atoms with E-state index in [1.807, 2.05) is 0 Å². The lowest BCUT2D eigenvalue weighted by atomic mass is 10.2. The Morgan fingerprint density at radius 2 is 2.10 bits per heavy atom. The first-order chi connectivity index (χ1) is 9.49. The van der Waals surface area contributed by atoms with Gasteiger partial charge in [-0.25, -0.2) is 4.39 Å². The van der Waals surface area contributed by atoms with Crippen LogP contribution in [0.15, 0.2) is 40.9 Å². The number of nitrogen functional groups attached to an aromatic ring is 1. The predicted octanol–water partition coefficient (Wildman–Crippen LogP) is 4.10. The molecule has 0 amide bonds. The Bertz CT molecular complexity index is 664. The van der Waals surface area contributed by atoms with E-state index in [0.29, 0.717) is 26.4 Å². The van der Waals surface area contributed by atoms with Crippen molar-refractivity contribution in [1.82, 2.24) is 0 Å². The molecule has 0 heterocycles. The van der Waals surface area contributed by atoms with Crippen LogP contribution in [0.4, 0.5) is 4.39 Å². The number of hydrogen-bond donors (Lipinski definition) is 2. The van der Waals surface area contributed by atoms with Gasteiger partial charge in [0, 0.05) is 11.1 Å². The average Bonchev–Trinajstić information content (AvgIpc) is 2.40. The SMILES string of the molecule is N=C(N)c1ccc(OCc2cccc(F)c2Br)cc1Cl. The monoisotopic (exact) mass is 356 g/mol. The standard InChI is InChI=1S/C14H11BrClFN2O/c15-13-8(2-1-3-12(13)17)7-20-9-4-5-10(14(18)19)11(16)6-9/h1-6H,7H2,(H3,18,19). The molecule has 0 fully saturated rings. The molecule has 3 nitrogen and oxygen atoms in total. The Hall–Kier alpha value is -1.59. The van der Waals surface area contributed by atoms with Crippen LogP contribution in [0.1, 0.15) is 11.1 Å². The van der Waals surface area contributed by atoms with Crippen molar-refractivity contribution in [1.29, 1.82) is 5.41 Å². The molecule has 0 unspecified atom stereocenters. The van der Waals surface area contributed by atoms with Crippen LogP contribution in [0.5, 0.6) is 5.75 Å². The summed E-state index contributed by atoms with van der Waals surface area (Å²) >= 11 is 9.17. The molecule has 0 aromatic heterocycles. The minimum Gasteiger partial charge on any atom is -0.489 e. The zero-order valence-corrected chi connectivity index (χ0v) is 12.6. The maximum atomic E-state index is 13.3. The first-order valence-electron chi connectivity index (χ1n) is 5.68. The number of amidine groups is 1. The summed E-state index contributed by atoms with van der Waals surface area (Å²) in [5, 5.41) is 7.68. The van der Waals surface area contributed by atoms with Gasteiger partial charge < -0.3 is 10.5 Å². The number of benzene rings is 2. The van der Waals surface area contributed by atoms with E-state index in [1.54, 1.807) is 30.3 Å². The number of rotatable bonds is 4. The quantitative estimate of drug-likeness (QED) is 0.639. The molecule has 20 heavy (non-hydrogen) atoms. The fraction of sp³-hybridized carbons (Fsp3) is 0.0714. The van der Waals surface area contributed by atoms with Crippen LogP contribution in [0, 0.1) is 11.2 Å². The van der Waals surface area contributed by atoms with Gasteiger partial charge in [-0.1, -0.05) is 23.7 Å². The van der Waals surface area contributed by atoms with Crippen LogP contribution >= 0.6 is 27.5 Å². The number of nitrogens with two attached hydrogens (primary N) is 1. The second-order valence-electron chi connectivity index (χ2n) is 4.06. The van der Waals surface area contributed by atoms with E-state index < -0.39 is 0 Å². The molecule has 0 saturated carbocycles. The third kappa shape index (κ3) is 3.29. The Labute approximate surface area is 129 Å². The van der Waals surface area contributed by atoms with Gasteiger partial charge in [0.05, 0.1) is 9.50 Å². The van der Waals surface area contributed by atoms with Gasteiger partial charge in [-0.15, -0.1) is 0 Å². The first kappa shape index (κ1) is 14.8. The van der Waals surface area contributed by atoms with Crippen LogP contribution in [-0.2, 0) is 6.61 Å². The molecule has 0 aliphatic carbocycles. The first-order valence-corrected chi connectivity index (χ1v) is 6.85. The molecule has 0 bridgehead atoms. The van der Waals surface area contributed by atoms with Crippen molar-refractivity contribution in [3.8, 4) is 5.75 Å². The van der Waals surface area contributed by atoms with Gasteiger partial charge in [-0.05, 0) is 40.2 Å². The van der Waals surface area contributed by atoms with Crippen LogP contribution in [0.3, 0.4) is 0 Å². The van der Waals surface area contributed by atoms with Gasteiger partial charge in [0.15, 0.2) is 0 Å². The minimum absolute atomic E-state index is 0.102. The normalized spacial score (nSPS) is 10.3. The van der Waals surface area contributed by atoms with Crippen molar-refractivity contribution >= 4 is 33.4 Å². The van der Waals surface area contributed by atoms with Crippen LogP contribution < -0.4 is 10.5 Å². The van der Waals surface area contributed by atoms with Crippen molar-refractivity contribution in [3.05, 3.63) is 62.8 Å². The third-order valence-electron chi connectivity index (χ3n) is 2.66. The molecule has 0 spiro atoms. The van der Waals surface area contributed by atoms with Gasteiger partial charge in [-0.3, -0.25) is 5.41 Å². The molecule has 0 aliphatic rings. The van der Waals surface area contributed by atoms with E-state index in [4.69, 9.17) is 27.5 Å². The maximum absolute atomic E-state index is 13.3. The smallest absolute Gasteiger partial charge is 0.137 e. The summed E-state index contributed by atoms with van der Waals surface area (Å²) in [7, 11) is 0. The topological polar surface area (TPSA) is 59.1 Å². The van der Waals surface area contributed by atoms with Crippen molar-refractivity contribution in [2.45, 2.75) is 6.61 Å². The highest BCUT2D eigenvalue weighted by molar-refractivity contribution is 9.10. The Kier molecular flexibility index (Phi) is 4.62. The lowest BCUT2D eigenvalue weighted by molar-refractivity contribution is 0.304. The molecule has 2 aromatic rings. The van der Waals surface area contributed by atoms with E-state index >= 15 is 0 Å². The molecule has 0 saturated heterocycles. The van der Waals surface area contributed by atoms with E-state index in [1.165, 1.54) is 6.07 Å². The third-order valence-corrected chi connectivity index (χ3v) is 3.86. The summed E-state index contributed by atoms with van der Waals surface area (Å²) in [6.07, 6.45) is 0. The van der Waals surface area contributed by atoms with Crippen LogP contribution in [0.2, 0.25) is 5.02 Å². The predicted molar refractivity (Wildman–Crippen MR) is 80.9 cm³/mol. The summed E-state index contributed by atoms with van der Waals surface area (Å²) < 4.78 is 19.3. The van der Waals surface area contributed by atoms with E-state index in [0.717, 1.165) is 0 Å². The number of halogens is 3. The summed E-state index contributed by atoms with van der Waals surface area (Å²) in [4.78, 5) is 0. The van der Waals surface area contributed by atoms with Gasteiger partial charge >= 0.3 is 0 Å². The lowest BCUT2D eigenvalue weighted by Crippen LogP contribution is -2.11. The fourth-order valence-electron chi connectivity index (χ4n) is 1.63. The molecule has 6 heteroatoms. The average molecular weight is 358 g/mol. The van der Waals surface area contributed by atoms with Crippen molar-refractivity contribution in [2.75, 3.05) is 0 Å². The molecule has 2 aromatic carbocycles. The Morgan fingerprint density at radius 3 is 2.75 bits per heavy atom. The number of ether oxygens (including phenoxy) is 1. The van der Waals surface area contributed by atoms with Crippen LogP contribution in [-0.4, -0.2) is 5.84 Å². The second-order valence-corrected chi connectivity index (χ2v) is 5.26. The summed E-state index contributed by atoms with van der Waals surface area (Å²) in [6.45, 7) is 0.202.